The maximum absolute atomic E-state index is 13.0. The largest absolute Gasteiger partial charge is 0.462 e. The zero-order valence-corrected chi connectivity index (χ0v) is 11.8. The van der Waals surface area contributed by atoms with Gasteiger partial charge in [-0.1, -0.05) is 0 Å². The van der Waals surface area contributed by atoms with E-state index in [9.17, 15) is 29.8 Å². The summed E-state index contributed by atoms with van der Waals surface area (Å²) in [4.78, 5) is 9.97. The van der Waals surface area contributed by atoms with Crippen molar-refractivity contribution in [2.45, 2.75) is 37.4 Å². The summed E-state index contributed by atoms with van der Waals surface area (Å²) in [6.07, 6.45) is -7.51. The molecule has 0 bridgehead atoms. The average Bonchev–Trinajstić information content (AvgIpc) is 2.55. The second-order valence-electron chi connectivity index (χ2n) is 5.00. The Balaban J connectivity index is 2.22. The third-order valence-corrected chi connectivity index (χ3v) is 3.49. The minimum atomic E-state index is -1.66. The van der Waals surface area contributed by atoms with E-state index in [1.807, 2.05) is 0 Å². The maximum atomic E-state index is 13.0. The molecule has 2 rings (SSSR count). The van der Waals surface area contributed by atoms with Crippen molar-refractivity contribution in [1.29, 1.82) is 0 Å². The summed E-state index contributed by atoms with van der Waals surface area (Å²) in [5.74, 6) is -0.123. The van der Waals surface area contributed by atoms with Crippen molar-refractivity contribution < 1.29 is 39.2 Å². The number of aliphatic hydroxyl groups excluding tert-OH is 4. The summed E-state index contributed by atoms with van der Waals surface area (Å²) in [6.45, 7) is -1.70. The van der Waals surface area contributed by atoms with Crippen LogP contribution >= 0.6 is 0 Å². The predicted molar refractivity (Wildman–Crippen MR) is 72.3 cm³/mol. The molecule has 0 aromatic heterocycles. The average molecular weight is 333 g/mol. The predicted octanol–water partition coefficient (Wildman–Crippen LogP) is -0.757. The molecule has 1 aromatic carbocycles. The summed E-state index contributed by atoms with van der Waals surface area (Å²) in [5.41, 5.74) is -0.477. The van der Waals surface area contributed by atoms with Crippen molar-refractivity contribution in [3.05, 3.63) is 33.9 Å². The van der Waals surface area contributed by atoms with E-state index in [2.05, 4.69) is 0 Å². The monoisotopic (exact) mass is 333 g/mol. The van der Waals surface area contributed by atoms with E-state index in [1.54, 1.807) is 0 Å². The number of aliphatic hydroxyl groups is 4. The highest BCUT2D eigenvalue weighted by atomic mass is 19.1. The van der Waals surface area contributed by atoms with E-state index >= 15 is 0 Å². The molecule has 5 atom stereocenters. The first kappa shape index (κ1) is 17.5. The SMILES string of the molecule is O=[N+]([O-])c1ccc(O[C@@H]2O[C@H](CO)[C@H](O)[C@H](O)[C@H]2O)c(CF)c1. The molecule has 23 heavy (non-hydrogen) atoms. The van der Waals surface area contributed by atoms with E-state index in [0.29, 0.717) is 0 Å². The van der Waals surface area contributed by atoms with Gasteiger partial charge in [-0.2, -0.15) is 0 Å². The Morgan fingerprint density at radius 1 is 1.26 bits per heavy atom. The van der Waals surface area contributed by atoms with Crippen LogP contribution in [0.25, 0.3) is 0 Å². The van der Waals surface area contributed by atoms with Gasteiger partial charge in [0.05, 0.1) is 11.5 Å². The van der Waals surface area contributed by atoms with Gasteiger partial charge in [0.2, 0.25) is 6.29 Å². The van der Waals surface area contributed by atoms with E-state index in [1.165, 1.54) is 0 Å². The van der Waals surface area contributed by atoms with Crippen LogP contribution in [0.2, 0.25) is 0 Å². The van der Waals surface area contributed by atoms with Crippen LogP contribution in [-0.4, -0.2) is 62.7 Å². The van der Waals surface area contributed by atoms with Gasteiger partial charge in [-0.15, -0.1) is 0 Å². The number of ether oxygens (including phenoxy) is 2. The highest BCUT2D eigenvalue weighted by Gasteiger charge is 2.44. The van der Waals surface area contributed by atoms with Gasteiger partial charge < -0.3 is 29.9 Å². The molecule has 9 nitrogen and oxygen atoms in total. The van der Waals surface area contributed by atoms with Crippen molar-refractivity contribution in [3.63, 3.8) is 0 Å². The zero-order valence-electron chi connectivity index (χ0n) is 11.8. The fourth-order valence-electron chi connectivity index (χ4n) is 2.19. The molecule has 0 aliphatic carbocycles. The smallest absolute Gasteiger partial charge is 0.270 e. The molecular formula is C13H16FNO8. The number of nitrogens with zero attached hydrogens (tertiary/aromatic N) is 1. The fraction of sp³-hybridized carbons (Fsp3) is 0.538. The maximum Gasteiger partial charge on any atom is 0.270 e. The summed E-state index contributed by atoms with van der Waals surface area (Å²) in [5, 5.41) is 48.9. The van der Waals surface area contributed by atoms with Crippen LogP contribution in [0.5, 0.6) is 5.75 Å². The summed E-state index contributed by atoms with van der Waals surface area (Å²) in [6, 6.07) is 3.19. The van der Waals surface area contributed by atoms with Crippen molar-refractivity contribution in [3.8, 4) is 5.75 Å². The van der Waals surface area contributed by atoms with E-state index in [0.717, 1.165) is 18.2 Å². The van der Waals surface area contributed by atoms with Crippen LogP contribution in [0, 0.1) is 10.1 Å². The number of hydrogen-bond donors (Lipinski definition) is 4. The fourth-order valence-corrected chi connectivity index (χ4v) is 2.19. The van der Waals surface area contributed by atoms with E-state index < -0.39 is 48.9 Å². The van der Waals surface area contributed by atoms with E-state index in [-0.39, 0.29) is 17.0 Å². The molecule has 1 saturated heterocycles. The lowest BCUT2D eigenvalue weighted by Crippen LogP contribution is -2.60. The molecule has 0 saturated carbocycles. The molecule has 0 spiro atoms. The van der Waals surface area contributed by atoms with Crippen LogP contribution in [0.3, 0.4) is 0 Å². The number of rotatable bonds is 5. The highest BCUT2D eigenvalue weighted by Crippen LogP contribution is 2.29. The van der Waals surface area contributed by atoms with Gasteiger partial charge >= 0.3 is 0 Å². The zero-order chi connectivity index (χ0) is 17.1. The minimum Gasteiger partial charge on any atom is -0.462 e. The Morgan fingerprint density at radius 2 is 1.96 bits per heavy atom. The molecule has 1 aliphatic heterocycles. The first-order chi connectivity index (χ1) is 10.9. The van der Waals surface area contributed by atoms with Gasteiger partial charge in [-0.25, -0.2) is 4.39 Å². The van der Waals surface area contributed by atoms with Gasteiger partial charge in [0, 0.05) is 17.7 Å². The minimum absolute atomic E-state index is 0.123. The number of non-ortho nitro benzene ring substituents is 1. The second-order valence-corrected chi connectivity index (χ2v) is 5.00. The highest BCUT2D eigenvalue weighted by molar-refractivity contribution is 5.43. The Morgan fingerprint density at radius 3 is 2.52 bits per heavy atom. The first-order valence-electron chi connectivity index (χ1n) is 6.69. The molecule has 1 heterocycles. The van der Waals surface area contributed by atoms with Crippen LogP contribution in [0.4, 0.5) is 10.1 Å². The van der Waals surface area contributed by atoms with Crippen molar-refractivity contribution in [1.82, 2.24) is 0 Å². The summed E-state index contributed by atoms with van der Waals surface area (Å²) < 4.78 is 23.4. The molecule has 10 heteroatoms. The molecule has 4 N–H and O–H groups in total. The van der Waals surface area contributed by atoms with Crippen LogP contribution in [0.1, 0.15) is 5.56 Å². The summed E-state index contributed by atoms with van der Waals surface area (Å²) in [7, 11) is 0. The number of hydrogen-bond acceptors (Lipinski definition) is 8. The van der Waals surface area contributed by atoms with Crippen molar-refractivity contribution >= 4 is 5.69 Å². The van der Waals surface area contributed by atoms with Crippen LogP contribution in [-0.2, 0) is 11.4 Å². The molecule has 1 aromatic rings. The lowest BCUT2D eigenvalue weighted by Gasteiger charge is -2.39. The van der Waals surface area contributed by atoms with Crippen LogP contribution in [0.15, 0.2) is 18.2 Å². The third-order valence-electron chi connectivity index (χ3n) is 3.49. The van der Waals surface area contributed by atoms with Gasteiger partial charge in [0.25, 0.3) is 5.69 Å². The van der Waals surface area contributed by atoms with Gasteiger partial charge in [-0.05, 0) is 6.07 Å². The number of nitro groups is 1. The standard InChI is InChI=1S/C13H16FNO8/c14-4-6-3-7(15(20)21)1-2-8(6)22-13-12(19)11(18)10(17)9(5-16)23-13/h1-3,9-13,16-19H,4-5H2/t9-,10+,11+,12-,13-/m1/s1. The molecule has 0 radical (unpaired) electrons. The summed E-state index contributed by atoms with van der Waals surface area (Å²) >= 11 is 0. The topological polar surface area (TPSA) is 143 Å². The van der Waals surface area contributed by atoms with E-state index in [4.69, 9.17) is 14.6 Å². The Hall–Kier alpha value is -1.85. The second kappa shape index (κ2) is 7.15. The third kappa shape index (κ3) is 3.57. The number of benzene rings is 1. The first-order valence-corrected chi connectivity index (χ1v) is 6.69. The molecule has 1 aliphatic rings. The molecule has 1 fully saturated rings. The van der Waals surface area contributed by atoms with Gasteiger partial charge in [0.15, 0.2) is 0 Å². The quantitative estimate of drug-likeness (QED) is 0.407. The molecule has 0 unspecified atom stereocenters. The lowest BCUT2D eigenvalue weighted by atomic mass is 9.99. The molecule has 128 valence electrons. The lowest BCUT2D eigenvalue weighted by molar-refractivity contribution is -0.385. The van der Waals surface area contributed by atoms with Gasteiger partial charge in [-0.3, -0.25) is 10.1 Å². The van der Waals surface area contributed by atoms with Gasteiger partial charge in [0.1, 0.15) is 36.8 Å². The number of nitro benzene ring substituents is 1. The number of halogens is 1. The van der Waals surface area contributed by atoms with Crippen molar-refractivity contribution in [2.24, 2.45) is 0 Å². The van der Waals surface area contributed by atoms with Crippen LogP contribution < -0.4 is 4.74 Å². The Kier molecular flexibility index (Phi) is 5.44. The Bertz CT molecular complexity index is 569. The Labute approximate surface area is 129 Å². The normalized spacial score (nSPS) is 30.9. The van der Waals surface area contributed by atoms with Crippen molar-refractivity contribution in [2.75, 3.05) is 6.61 Å². The molecular weight excluding hydrogens is 317 g/mol. The molecule has 0 amide bonds. The number of alkyl halides is 1.